The highest BCUT2D eigenvalue weighted by molar-refractivity contribution is 5.85. The van der Waals surface area contributed by atoms with Crippen LogP contribution in [0.25, 0.3) is 0 Å². The van der Waals surface area contributed by atoms with Crippen LogP contribution in [0.1, 0.15) is 39.0 Å². The van der Waals surface area contributed by atoms with Crippen molar-refractivity contribution in [2.24, 2.45) is 5.73 Å². The van der Waals surface area contributed by atoms with Crippen LogP contribution in [0.2, 0.25) is 0 Å². The number of hydrogen-bond acceptors (Lipinski definition) is 4. The van der Waals surface area contributed by atoms with E-state index in [1.165, 1.54) is 0 Å². The van der Waals surface area contributed by atoms with Crippen molar-refractivity contribution in [2.75, 3.05) is 26.7 Å². The molecule has 1 aliphatic heterocycles. The summed E-state index contributed by atoms with van der Waals surface area (Å²) in [6.07, 6.45) is 5.38. The second kappa shape index (κ2) is 6.20. The number of nitrogens with zero attached hydrogens (tertiary/aromatic N) is 1. The Labute approximate surface area is 115 Å². The number of nitrogens with two attached hydrogens (primary N) is 1. The maximum absolute atomic E-state index is 11.8. The molecule has 0 spiro atoms. The number of ether oxygens (including phenoxy) is 1. The molecule has 5 heteroatoms. The van der Waals surface area contributed by atoms with Crippen LogP contribution in [-0.4, -0.2) is 55.2 Å². The van der Waals surface area contributed by atoms with Crippen LogP contribution in [0.15, 0.2) is 0 Å². The molecule has 2 aliphatic rings. The molecule has 2 atom stereocenters. The third-order valence-electron chi connectivity index (χ3n) is 4.80. The van der Waals surface area contributed by atoms with Gasteiger partial charge in [0, 0.05) is 26.2 Å². The lowest BCUT2D eigenvalue weighted by molar-refractivity contribution is -0.124. The van der Waals surface area contributed by atoms with Gasteiger partial charge in [0.15, 0.2) is 0 Å². The molecule has 1 saturated carbocycles. The Bertz CT molecular complexity index is 316. The molecule has 2 rings (SSSR count). The number of hydrogen-bond donors (Lipinski definition) is 2. The Morgan fingerprint density at radius 1 is 1.42 bits per heavy atom. The summed E-state index contributed by atoms with van der Waals surface area (Å²) in [6, 6.07) is 0.490. The zero-order valence-corrected chi connectivity index (χ0v) is 12.2. The summed E-state index contributed by atoms with van der Waals surface area (Å²) in [5.74, 6) is -0.191. The number of rotatable bonds is 5. The van der Waals surface area contributed by atoms with Gasteiger partial charge in [0.05, 0.1) is 11.6 Å². The number of amides is 1. The third-order valence-corrected chi connectivity index (χ3v) is 4.80. The topological polar surface area (TPSA) is 67.6 Å². The van der Waals surface area contributed by atoms with Gasteiger partial charge in [0.1, 0.15) is 0 Å². The molecule has 1 aliphatic carbocycles. The molecule has 2 fully saturated rings. The molecule has 1 amide bonds. The highest BCUT2D eigenvalue weighted by Crippen LogP contribution is 2.34. The minimum absolute atomic E-state index is 0.191. The smallest absolute Gasteiger partial charge is 0.237 e. The van der Waals surface area contributed by atoms with Gasteiger partial charge in [-0.05, 0) is 38.6 Å². The van der Waals surface area contributed by atoms with Gasteiger partial charge in [-0.1, -0.05) is 6.92 Å². The second-order valence-corrected chi connectivity index (χ2v) is 5.84. The van der Waals surface area contributed by atoms with E-state index >= 15 is 0 Å². The molecule has 1 saturated heterocycles. The van der Waals surface area contributed by atoms with Gasteiger partial charge < -0.3 is 20.7 Å². The van der Waals surface area contributed by atoms with Crippen molar-refractivity contribution in [2.45, 2.75) is 56.7 Å². The van der Waals surface area contributed by atoms with E-state index in [-0.39, 0.29) is 5.91 Å². The summed E-state index contributed by atoms with van der Waals surface area (Å²) in [6.45, 7) is 4.97. The fourth-order valence-corrected chi connectivity index (χ4v) is 3.62. The van der Waals surface area contributed by atoms with E-state index in [0.717, 1.165) is 51.7 Å². The van der Waals surface area contributed by atoms with Crippen LogP contribution in [0, 0.1) is 0 Å². The molecule has 0 aromatic carbocycles. The van der Waals surface area contributed by atoms with Crippen LogP contribution >= 0.6 is 0 Å². The molecule has 0 radical (unpaired) electrons. The average Bonchev–Trinajstić information content (AvgIpc) is 2.85. The number of carbonyl (C=O) groups is 1. The monoisotopic (exact) mass is 269 g/mol. The van der Waals surface area contributed by atoms with Gasteiger partial charge in [-0.25, -0.2) is 0 Å². The van der Waals surface area contributed by atoms with Crippen molar-refractivity contribution in [3.8, 4) is 0 Å². The first-order valence-electron chi connectivity index (χ1n) is 7.43. The molecule has 0 aromatic heterocycles. The van der Waals surface area contributed by atoms with Crippen LogP contribution in [0.5, 0.6) is 0 Å². The van der Waals surface area contributed by atoms with Gasteiger partial charge in [-0.2, -0.15) is 0 Å². The molecule has 0 bridgehead atoms. The molecule has 19 heavy (non-hydrogen) atoms. The predicted molar refractivity (Wildman–Crippen MR) is 74.8 cm³/mol. The van der Waals surface area contributed by atoms with Crippen molar-refractivity contribution in [3.05, 3.63) is 0 Å². The molecule has 0 aromatic rings. The second-order valence-electron chi connectivity index (χ2n) is 5.84. The molecule has 110 valence electrons. The number of nitrogens with one attached hydrogen (secondary N) is 1. The number of likely N-dealkylation sites (N-methyl/N-ethyl adjacent to an activating group) is 1. The number of primary amides is 1. The fourth-order valence-electron chi connectivity index (χ4n) is 3.62. The number of piperidine rings is 1. The summed E-state index contributed by atoms with van der Waals surface area (Å²) in [4.78, 5) is 14.3. The Hall–Kier alpha value is -0.650. The zero-order valence-electron chi connectivity index (χ0n) is 12.2. The van der Waals surface area contributed by atoms with Crippen molar-refractivity contribution in [3.63, 3.8) is 0 Å². The van der Waals surface area contributed by atoms with Gasteiger partial charge in [0.25, 0.3) is 0 Å². The van der Waals surface area contributed by atoms with Gasteiger partial charge in [0.2, 0.25) is 5.91 Å². The summed E-state index contributed by atoms with van der Waals surface area (Å²) < 4.78 is 5.41. The van der Waals surface area contributed by atoms with E-state index in [1.807, 2.05) is 6.92 Å². The first-order chi connectivity index (χ1) is 9.11. The fraction of sp³-hybridized carbons (Fsp3) is 0.929. The number of carbonyl (C=O) groups excluding carboxylic acids is 1. The van der Waals surface area contributed by atoms with Crippen molar-refractivity contribution in [1.82, 2.24) is 10.2 Å². The van der Waals surface area contributed by atoms with Gasteiger partial charge in [-0.15, -0.1) is 0 Å². The number of likely N-dealkylation sites (tertiary alicyclic amines) is 1. The Morgan fingerprint density at radius 3 is 2.63 bits per heavy atom. The molecular formula is C14H27N3O2. The highest BCUT2D eigenvalue weighted by Gasteiger charge is 2.45. The Balaban J connectivity index is 1.92. The lowest BCUT2D eigenvalue weighted by Gasteiger charge is -2.36. The normalized spacial score (nSPS) is 33.7. The molecule has 3 N–H and O–H groups in total. The summed E-state index contributed by atoms with van der Waals surface area (Å²) in [7, 11) is 1.79. The summed E-state index contributed by atoms with van der Waals surface area (Å²) >= 11 is 0. The van der Waals surface area contributed by atoms with Gasteiger partial charge >= 0.3 is 0 Å². The SMILES string of the molecule is CCNC1(C(N)=O)CCC(N2CCC(OC)CC2)C1. The molecule has 5 nitrogen and oxygen atoms in total. The van der Waals surface area contributed by atoms with Gasteiger partial charge in [-0.3, -0.25) is 4.79 Å². The average molecular weight is 269 g/mol. The summed E-state index contributed by atoms with van der Waals surface area (Å²) in [5.41, 5.74) is 5.14. The molecular weight excluding hydrogens is 242 g/mol. The Morgan fingerprint density at radius 2 is 2.11 bits per heavy atom. The first kappa shape index (κ1) is 14.8. The van der Waals surface area contributed by atoms with E-state index in [2.05, 4.69) is 10.2 Å². The van der Waals surface area contributed by atoms with Crippen LogP contribution in [0.4, 0.5) is 0 Å². The lowest BCUT2D eigenvalue weighted by atomic mass is 9.95. The first-order valence-corrected chi connectivity index (χ1v) is 7.43. The van der Waals surface area contributed by atoms with Crippen molar-refractivity contribution < 1.29 is 9.53 Å². The Kier molecular flexibility index (Phi) is 4.81. The maximum atomic E-state index is 11.8. The molecule has 2 unspecified atom stereocenters. The van der Waals surface area contributed by atoms with Crippen LogP contribution in [-0.2, 0) is 9.53 Å². The zero-order chi connectivity index (χ0) is 13.9. The van der Waals surface area contributed by atoms with Crippen LogP contribution < -0.4 is 11.1 Å². The largest absolute Gasteiger partial charge is 0.381 e. The van der Waals surface area contributed by atoms with E-state index in [0.29, 0.717) is 12.1 Å². The van der Waals surface area contributed by atoms with Crippen LogP contribution in [0.3, 0.4) is 0 Å². The van der Waals surface area contributed by atoms with E-state index in [1.54, 1.807) is 7.11 Å². The third kappa shape index (κ3) is 3.09. The van der Waals surface area contributed by atoms with E-state index in [9.17, 15) is 4.79 Å². The molecule has 1 heterocycles. The number of methoxy groups -OCH3 is 1. The lowest BCUT2D eigenvalue weighted by Crippen LogP contribution is -2.55. The van der Waals surface area contributed by atoms with Crippen molar-refractivity contribution >= 4 is 5.91 Å². The van der Waals surface area contributed by atoms with E-state index < -0.39 is 5.54 Å². The quantitative estimate of drug-likeness (QED) is 0.762. The van der Waals surface area contributed by atoms with E-state index in [4.69, 9.17) is 10.5 Å². The maximum Gasteiger partial charge on any atom is 0.237 e. The standard InChI is InChI=1S/C14H27N3O2/c1-3-16-14(13(15)18)7-4-11(10-14)17-8-5-12(19-2)6-9-17/h11-12,16H,3-10H2,1-2H3,(H2,15,18). The highest BCUT2D eigenvalue weighted by atomic mass is 16.5. The summed E-state index contributed by atoms with van der Waals surface area (Å²) in [5, 5.41) is 3.32. The minimum atomic E-state index is -0.475. The predicted octanol–water partition coefficient (Wildman–Crippen LogP) is 0.483. The minimum Gasteiger partial charge on any atom is -0.381 e. The van der Waals surface area contributed by atoms with Crippen molar-refractivity contribution in [1.29, 1.82) is 0 Å².